The van der Waals surface area contributed by atoms with Crippen LogP contribution in [0.1, 0.15) is 38.7 Å². The van der Waals surface area contributed by atoms with Crippen molar-refractivity contribution in [3.05, 3.63) is 94.5 Å². The van der Waals surface area contributed by atoms with Crippen molar-refractivity contribution in [1.82, 2.24) is 0 Å². The molecular formula is C24H21NO3. The highest BCUT2D eigenvalue weighted by atomic mass is 16.5. The summed E-state index contributed by atoms with van der Waals surface area (Å²) in [6, 6.07) is 22.1. The lowest BCUT2D eigenvalue weighted by atomic mass is 9.98. The molecule has 0 amide bonds. The summed E-state index contributed by atoms with van der Waals surface area (Å²) < 4.78 is 11.5. The highest BCUT2D eigenvalue weighted by molar-refractivity contribution is 6.00. The highest BCUT2D eigenvalue weighted by Crippen LogP contribution is 2.33. The maximum Gasteiger partial charge on any atom is 0.207 e. The van der Waals surface area contributed by atoms with Crippen LogP contribution in [0.25, 0.3) is 0 Å². The van der Waals surface area contributed by atoms with Crippen LogP contribution < -0.4 is 9.47 Å². The molecule has 1 atom stereocenters. The van der Waals surface area contributed by atoms with Crippen LogP contribution in [0.5, 0.6) is 11.5 Å². The van der Waals surface area contributed by atoms with E-state index in [0.717, 1.165) is 16.7 Å². The molecular weight excluding hydrogens is 350 g/mol. The summed E-state index contributed by atoms with van der Waals surface area (Å²) in [7, 11) is 1.51. The molecule has 140 valence electrons. The van der Waals surface area contributed by atoms with Crippen molar-refractivity contribution in [1.29, 1.82) is 5.26 Å². The number of benzene rings is 3. The predicted molar refractivity (Wildman–Crippen MR) is 108 cm³/mol. The largest absolute Gasteiger partial charge is 0.493 e. The quantitative estimate of drug-likeness (QED) is 0.560. The van der Waals surface area contributed by atoms with Gasteiger partial charge in [0, 0.05) is 17.2 Å². The molecule has 3 rings (SSSR count). The lowest BCUT2D eigenvalue weighted by Gasteiger charge is -2.20. The zero-order chi connectivity index (χ0) is 20.1. The Bertz CT molecular complexity index is 1020. The average molecular weight is 371 g/mol. The molecule has 0 fully saturated rings. The van der Waals surface area contributed by atoms with Crippen LogP contribution in [0.3, 0.4) is 0 Å². The average Bonchev–Trinajstić information content (AvgIpc) is 2.73. The fourth-order valence-electron chi connectivity index (χ4n) is 2.84. The molecule has 4 nitrogen and oxygen atoms in total. The number of ketones is 1. The van der Waals surface area contributed by atoms with Gasteiger partial charge in [-0.25, -0.2) is 0 Å². The van der Waals surface area contributed by atoms with Crippen molar-refractivity contribution < 1.29 is 14.3 Å². The van der Waals surface area contributed by atoms with Gasteiger partial charge in [-0.15, -0.1) is 0 Å². The number of nitriles is 1. The lowest BCUT2D eigenvalue weighted by Crippen LogP contribution is -2.19. The Morgan fingerprint density at radius 3 is 2.07 bits per heavy atom. The lowest BCUT2D eigenvalue weighted by molar-refractivity contribution is 0.0787. The highest BCUT2D eigenvalue weighted by Gasteiger charge is 2.25. The van der Waals surface area contributed by atoms with E-state index in [-0.39, 0.29) is 5.78 Å². The third-order valence-electron chi connectivity index (χ3n) is 4.49. The van der Waals surface area contributed by atoms with E-state index in [1.54, 1.807) is 30.3 Å². The van der Waals surface area contributed by atoms with E-state index in [1.165, 1.54) is 7.11 Å². The zero-order valence-electron chi connectivity index (χ0n) is 16.1. The van der Waals surface area contributed by atoms with Crippen LogP contribution in [0.15, 0.2) is 66.7 Å². The molecule has 0 spiro atoms. The van der Waals surface area contributed by atoms with E-state index < -0.39 is 6.10 Å². The molecule has 0 saturated heterocycles. The van der Waals surface area contributed by atoms with Crippen molar-refractivity contribution in [2.45, 2.75) is 20.0 Å². The third-order valence-corrected chi connectivity index (χ3v) is 4.49. The number of aryl methyl sites for hydroxylation is 2. The fourth-order valence-corrected chi connectivity index (χ4v) is 2.84. The van der Waals surface area contributed by atoms with E-state index in [4.69, 9.17) is 14.7 Å². The number of Topliss-reactive ketones (excluding diaryl/α,β-unsaturated/α-hetero) is 1. The van der Waals surface area contributed by atoms with Gasteiger partial charge in [0.15, 0.2) is 17.6 Å². The molecule has 0 bridgehead atoms. The monoisotopic (exact) mass is 371 g/mol. The Morgan fingerprint density at radius 2 is 1.50 bits per heavy atom. The van der Waals surface area contributed by atoms with Crippen LogP contribution >= 0.6 is 0 Å². The number of carbonyl (C=O) groups is 1. The van der Waals surface area contributed by atoms with E-state index in [1.807, 2.05) is 50.2 Å². The van der Waals surface area contributed by atoms with Crippen LogP contribution in [-0.2, 0) is 0 Å². The van der Waals surface area contributed by atoms with Gasteiger partial charge in [-0.05, 0) is 26.0 Å². The summed E-state index contributed by atoms with van der Waals surface area (Å²) in [6.07, 6.45) is -0.829. The summed E-state index contributed by atoms with van der Waals surface area (Å²) in [5, 5.41) is 9.09. The van der Waals surface area contributed by atoms with Crippen LogP contribution in [0.4, 0.5) is 0 Å². The molecule has 28 heavy (non-hydrogen) atoms. The first kappa shape index (κ1) is 19.2. The van der Waals surface area contributed by atoms with E-state index in [2.05, 4.69) is 6.07 Å². The molecule has 0 saturated carbocycles. The second-order valence-corrected chi connectivity index (χ2v) is 6.62. The van der Waals surface area contributed by atoms with Crippen molar-refractivity contribution in [2.75, 3.05) is 7.11 Å². The molecule has 3 aromatic carbocycles. The summed E-state index contributed by atoms with van der Waals surface area (Å²) >= 11 is 0. The van der Waals surface area contributed by atoms with E-state index in [9.17, 15) is 4.79 Å². The Morgan fingerprint density at radius 1 is 0.893 bits per heavy atom. The van der Waals surface area contributed by atoms with Gasteiger partial charge in [0.2, 0.25) is 5.78 Å². The maximum atomic E-state index is 13.3. The van der Waals surface area contributed by atoms with Gasteiger partial charge in [-0.2, -0.15) is 5.26 Å². The number of rotatable bonds is 6. The Balaban J connectivity index is 2.02. The first-order chi connectivity index (χ1) is 13.5. The Kier molecular flexibility index (Phi) is 5.76. The first-order valence-corrected chi connectivity index (χ1v) is 8.94. The molecule has 0 radical (unpaired) electrons. The minimum atomic E-state index is -0.829. The zero-order valence-corrected chi connectivity index (χ0v) is 16.1. The van der Waals surface area contributed by atoms with Crippen LogP contribution in [0.2, 0.25) is 0 Å². The third kappa shape index (κ3) is 4.21. The first-order valence-electron chi connectivity index (χ1n) is 8.94. The van der Waals surface area contributed by atoms with Crippen molar-refractivity contribution in [2.24, 2.45) is 0 Å². The van der Waals surface area contributed by atoms with E-state index in [0.29, 0.717) is 22.6 Å². The SMILES string of the molecule is COc1cc(C#N)ccc1OC(C(=O)c1ccc(C)cc1)c1ccc(C)cc1. The van der Waals surface area contributed by atoms with Gasteiger partial charge in [0.05, 0.1) is 18.7 Å². The van der Waals surface area contributed by atoms with Crippen molar-refractivity contribution >= 4 is 5.78 Å². The van der Waals surface area contributed by atoms with Gasteiger partial charge < -0.3 is 9.47 Å². The molecule has 1 unspecified atom stereocenters. The van der Waals surface area contributed by atoms with Crippen LogP contribution in [-0.4, -0.2) is 12.9 Å². The summed E-state index contributed by atoms with van der Waals surface area (Å²) in [4.78, 5) is 13.3. The van der Waals surface area contributed by atoms with Gasteiger partial charge in [-0.3, -0.25) is 4.79 Å². The van der Waals surface area contributed by atoms with Gasteiger partial charge >= 0.3 is 0 Å². The number of hydrogen-bond donors (Lipinski definition) is 0. The molecule has 0 aliphatic heterocycles. The number of methoxy groups -OCH3 is 1. The smallest absolute Gasteiger partial charge is 0.207 e. The standard InChI is InChI=1S/C24H21NO3/c1-16-4-9-19(10-5-16)23(26)24(20-11-6-17(2)7-12-20)28-21-13-8-18(15-25)14-22(21)27-3/h4-14,24H,1-3H3. The Hall–Kier alpha value is -3.58. The van der Waals surface area contributed by atoms with E-state index >= 15 is 0 Å². The van der Waals surface area contributed by atoms with Crippen molar-refractivity contribution in [3.8, 4) is 17.6 Å². The topological polar surface area (TPSA) is 59.3 Å². The van der Waals surface area contributed by atoms with Crippen molar-refractivity contribution in [3.63, 3.8) is 0 Å². The number of ether oxygens (including phenoxy) is 2. The number of carbonyl (C=O) groups excluding carboxylic acids is 1. The van der Waals surface area contributed by atoms with Gasteiger partial charge in [0.1, 0.15) is 0 Å². The molecule has 0 aromatic heterocycles. The van der Waals surface area contributed by atoms with Gasteiger partial charge in [0.25, 0.3) is 0 Å². The second kappa shape index (κ2) is 8.41. The Labute approximate surface area is 165 Å². The van der Waals surface area contributed by atoms with Gasteiger partial charge in [-0.1, -0.05) is 59.7 Å². The minimum Gasteiger partial charge on any atom is -0.493 e. The number of nitrogens with zero attached hydrogens (tertiary/aromatic N) is 1. The normalized spacial score (nSPS) is 11.4. The molecule has 3 aromatic rings. The molecule has 0 heterocycles. The summed E-state index contributed by atoms with van der Waals surface area (Å²) in [5.74, 6) is 0.677. The maximum absolute atomic E-state index is 13.3. The molecule has 0 aliphatic rings. The summed E-state index contributed by atoms with van der Waals surface area (Å²) in [6.45, 7) is 3.97. The molecule has 4 heteroatoms. The number of hydrogen-bond acceptors (Lipinski definition) is 4. The molecule has 0 aliphatic carbocycles. The minimum absolute atomic E-state index is 0.143. The second-order valence-electron chi connectivity index (χ2n) is 6.62. The van der Waals surface area contributed by atoms with Crippen LogP contribution in [0, 0.1) is 25.2 Å². The molecule has 0 N–H and O–H groups in total. The fraction of sp³-hybridized carbons (Fsp3) is 0.167. The summed E-state index contributed by atoms with van der Waals surface area (Å²) in [5.41, 5.74) is 3.96. The predicted octanol–water partition coefficient (Wildman–Crippen LogP) is 5.19.